The van der Waals surface area contributed by atoms with Crippen LogP contribution in [0.2, 0.25) is 0 Å². The molecule has 8 heteroatoms. The van der Waals surface area contributed by atoms with Crippen molar-refractivity contribution in [3.8, 4) is 0 Å². The van der Waals surface area contributed by atoms with Crippen molar-refractivity contribution in [3.63, 3.8) is 0 Å². The number of nitrogens with zero attached hydrogens (tertiary/aromatic N) is 1. The van der Waals surface area contributed by atoms with Gasteiger partial charge in [-0.1, -0.05) is 161 Å². The highest BCUT2D eigenvalue weighted by Crippen LogP contribution is 2.43. The molecule has 2 unspecified atom stereocenters. The number of aliphatic hydroxyl groups excluding tert-OH is 1. The quantitative estimate of drug-likeness (QED) is 0.0293. The van der Waals surface area contributed by atoms with Crippen LogP contribution >= 0.6 is 7.82 Å². The summed E-state index contributed by atoms with van der Waals surface area (Å²) in [4.78, 5) is 9.87. The van der Waals surface area contributed by atoms with E-state index >= 15 is 0 Å². The molecule has 0 radical (unpaired) electrons. The second kappa shape index (κ2) is 33.5. The standard InChI is InChI=1S/C38H80NO6P/c1-5-6-7-8-9-10-11-12-13-14-16-19-22-25-28-31-35-43-38(40)33-37-45-46(41,42)44-36-32-29-26-23-20-17-15-18-21-24-27-30-34-39(2,3)4/h38,40H,5-37H2,1-4H3/p+1. The summed E-state index contributed by atoms with van der Waals surface area (Å²) in [5.41, 5.74) is 0. The molecule has 7 nitrogen and oxygen atoms in total. The first kappa shape index (κ1) is 46.0. The Morgan fingerprint density at radius 1 is 0.500 bits per heavy atom. The lowest BCUT2D eigenvalue weighted by Gasteiger charge is -2.23. The lowest BCUT2D eigenvalue weighted by atomic mass is 10.0. The molecule has 0 saturated heterocycles. The zero-order valence-corrected chi connectivity index (χ0v) is 32.2. The average Bonchev–Trinajstić information content (AvgIpc) is 3.00. The summed E-state index contributed by atoms with van der Waals surface area (Å²) in [6, 6.07) is 0. The molecule has 0 saturated carbocycles. The number of phosphoric acid groups is 1. The molecule has 0 heterocycles. The van der Waals surface area contributed by atoms with E-state index in [1.54, 1.807) is 0 Å². The van der Waals surface area contributed by atoms with Crippen molar-refractivity contribution in [1.82, 2.24) is 0 Å². The fourth-order valence-electron chi connectivity index (χ4n) is 5.89. The van der Waals surface area contributed by atoms with Crippen LogP contribution in [0.3, 0.4) is 0 Å². The highest BCUT2D eigenvalue weighted by Gasteiger charge is 2.21. The minimum atomic E-state index is -4.07. The summed E-state index contributed by atoms with van der Waals surface area (Å²) in [6.07, 6.45) is 35.2. The summed E-state index contributed by atoms with van der Waals surface area (Å²) < 4.78 is 28.7. The van der Waals surface area contributed by atoms with Crippen LogP contribution in [-0.2, 0) is 18.3 Å². The van der Waals surface area contributed by atoms with Crippen LogP contribution in [0, 0.1) is 0 Å². The molecule has 0 fully saturated rings. The van der Waals surface area contributed by atoms with E-state index < -0.39 is 14.1 Å². The maximum atomic E-state index is 12.1. The normalized spacial score (nSPS) is 14.1. The Labute approximate surface area is 287 Å². The minimum Gasteiger partial charge on any atom is -0.368 e. The largest absolute Gasteiger partial charge is 0.472 e. The average molecular weight is 679 g/mol. The van der Waals surface area contributed by atoms with Crippen molar-refractivity contribution >= 4 is 7.82 Å². The first-order valence-electron chi connectivity index (χ1n) is 19.9. The summed E-state index contributed by atoms with van der Waals surface area (Å²) in [7, 11) is 2.72. The smallest absolute Gasteiger partial charge is 0.368 e. The van der Waals surface area contributed by atoms with Gasteiger partial charge in [0.25, 0.3) is 0 Å². The molecule has 0 spiro atoms. The third-order valence-corrected chi connectivity index (χ3v) is 9.92. The van der Waals surface area contributed by atoms with Crippen LogP contribution in [0.15, 0.2) is 0 Å². The van der Waals surface area contributed by atoms with E-state index in [-0.39, 0.29) is 19.6 Å². The number of rotatable bonds is 38. The Balaban J connectivity index is 3.39. The van der Waals surface area contributed by atoms with Gasteiger partial charge in [-0.15, -0.1) is 0 Å². The summed E-state index contributed by atoms with van der Waals surface area (Å²) >= 11 is 0. The highest BCUT2D eigenvalue weighted by atomic mass is 31.2. The fourth-order valence-corrected chi connectivity index (χ4v) is 6.67. The molecule has 0 aromatic heterocycles. The highest BCUT2D eigenvalue weighted by molar-refractivity contribution is 7.47. The van der Waals surface area contributed by atoms with Crippen molar-refractivity contribution in [3.05, 3.63) is 0 Å². The second-order valence-electron chi connectivity index (χ2n) is 14.8. The maximum Gasteiger partial charge on any atom is 0.472 e. The van der Waals surface area contributed by atoms with Gasteiger partial charge >= 0.3 is 7.82 Å². The molecule has 0 aliphatic carbocycles. The van der Waals surface area contributed by atoms with Crippen molar-refractivity contribution in [2.45, 2.75) is 199 Å². The third-order valence-electron chi connectivity index (χ3n) is 8.91. The number of unbranched alkanes of at least 4 members (excludes halogenated alkanes) is 26. The van der Waals surface area contributed by atoms with Gasteiger partial charge in [0.1, 0.15) is 0 Å². The van der Waals surface area contributed by atoms with Crippen LogP contribution in [0.1, 0.15) is 193 Å². The Morgan fingerprint density at radius 2 is 0.826 bits per heavy atom. The van der Waals surface area contributed by atoms with Gasteiger partial charge in [0.15, 0.2) is 6.29 Å². The molecular weight excluding hydrogens is 597 g/mol. The second-order valence-corrected chi connectivity index (χ2v) is 16.3. The predicted molar refractivity (Wildman–Crippen MR) is 196 cm³/mol. The molecular formula is C38H81NO6P+. The molecule has 0 aromatic carbocycles. The predicted octanol–water partition coefficient (Wildman–Crippen LogP) is 11.5. The summed E-state index contributed by atoms with van der Waals surface area (Å²) in [5.74, 6) is 0. The minimum absolute atomic E-state index is 0.0654. The molecule has 278 valence electrons. The Morgan fingerprint density at radius 3 is 1.22 bits per heavy atom. The topological polar surface area (TPSA) is 85.2 Å². The Kier molecular flexibility index (Phi) is 33.5. The number of ether oxygens (including phenoxy) is 1. The molecule has 0 aromatic rings. The van der Waals surface area contributed by atoms with Crippen molar-refractivity contribution in [1.29, 1.82) is 0 Å². The molecule has 2 N–H and O–H groups in total. The van der Waals surface area contributed by atoms with Gasteiger partial charge in [-0.2, -0.15) is 0 Å². The van der Waals surface area contributed by atoms with Crippen molar-refractivity contribution in [2.24, 2.45) is 0 Å². The van der Waals surface area contributed by atoms with E-state index in [0.29, 0.717) is 6.61 Å². The summed E-state index contributed by atoms with van der Waals surface area (Å²) in [6.45, 7) is 4.21. The van der Waals surface area contributed by atoms with Gasteiger partial charge in [-0.05, 0) is 25.7 Å². The molecule has 0 amide bonds. The third kappa shape index (κ3) is 38.4. The number of quaternary nitrogens is 1. The molecule has 2 atom stereocenters. The number of phosphoric ester groups is 1. The van der Waals surface area contributed by atoms with Crippen LogP contribution in [0.25, 0.3) is 0 Å². The van der Waals surface area contributed by atoms with Crippen molar-refractivity contribution in [2.75, 3.05) is 47.5 Å². The van der Waals surface area contributed by atoms with E-state index in [2.05, 4.69) is 28.1 Å². The molecule has 46 heavy (non-hydrogen) atoms. The van der Waals surface area contributed by atoms with E-state index in [1.807, 2.05) is 0 Å². The first-order chi connectivity index (χ1) is 22.2. The zero-order valence-electron chi connectivity index (χ0n) is 31.3. The number of hydrogen-bond acceptors (Lipinski definition) is 5. The zero-order chi connectivity index (χ0) is 34.0. The molecule has 0 rings (SSSR count). The molecule has 0 bridgehead atoms. The van der Waals surface area contributed by atoms with E-state index in [1.165, 1.54) is 154 Å². The number of aliphatic hydroxyl groups is 1. The fraction of sp³-hybridized carbons (Fsp3) is 1.00. The van der Waals surface area contributed by atoms with E-state index in [0.717, 1.165) is 36.6 Å². The van der Waals surface area contributed by atoms with Gasteiger partial charge in [-0.3, -0.25) is 9.05 Å². The van der Waals surface area contributed by atoms with Gasteiger partial charge in [-0.25, -0.2) is 4.57 Å². The lowest BCUT2D eigenvalue weighted by Crippen LogP contribution is -2.35. The van der Waals surface area contributed by atoms with E-state index in [4.69, 9.17) is 13.8 Å². The number of hydrogen-bond donors (Lipinski definition) is 2. The summed E-state index contributed by atoms with van der Waals surface area (Å²) in [5, 5.41) is 9.99. The monoisotopic (exact) mass is 679 g/mol. The van der Waals surface area contributed by atoms with Gasteiger partial charge in [0.05, 0.1) is 40.9 Å². The van der Waals surface area contributed by atoms with Crippen molar-refractivity contribution < 1.29 is 32.8 Å². The van der Waals surface area contributed by atoms with Crippen LogP contribution in [-0.4, -0.2) is 68.3 Å². The molecule has 0 aliphatic rings. The SMILES string of the molecule is CCCCCCCCCCCCCCCCCCOC(O)CCOP(=O)(O)OCCCCCCCCCCCCCC[N+](C)(C)C. The van der Waals surface area contributed by atoms with Gasteiger partial charge < -0.3 is 19.2 Å². The molecule has 0 aliphatic heterocycles. The Bertz CT molecular complexity index is 660. The van der Waals surface area contributed by atoms with Gasteiger partial charge in [0.2, 0.25) is 0 Å². The van der Waals surface area contributed by atoms with Gasteiger partial charge in [0, 0.05) is 13.0 Å². The van der Waals surface area contributed by atoms with E-state index in [9.17, 15) is 14.6 Å². The lowest BCUT2D eigenvalue weighted by molar-refractivity contribution is -0.870. The van der Waals surface area contributed by atoms with Crippen LogP contribution in [0.4, 0.5) is 0 Å². The van der Waals surface area contributed by atoms with Crippen LogP contribution in [0.5, 0.6) is 0 Å². The maximum absolute atomic E-state index is 12.1. The van der Waals surface area contributed by atoms with Crippen LogP contribution < -0.4 is 0 Å². The Hall–Kier alpha value is -0.0100. The first-order valence-corrected chi connectivity index (χ1v) is 21.4.